The summed E-state index contributed by atoms with van der Waals surface area (Å²) in [5, 5.41) is 6.64. The summed E-state index contributed by atoms with van der Waals surface area (Å²) in [6.07, 6.45) is 2.91. The first kappa shape index (κ1) is 14.7. The highest BCUT2D eigenvalue weighted by Gasteiger charge is 2.15. The summed E-state index contributed by atoms with van der Waals surface area (Å²) in [4.78, 5) is 26.3. The highest BCUT2D eigenvalue weighted by atomic mass is 16.2. The topological polar surface area (TPSA) is 129 Å². The maximum atomic E-state index is 11.7. The Hall–Kier alpha value is -2.74. The molecule has 0 aliphatic heterocycles. The molecule has 5 N–H and O–H groups in total. The third-order valence-electron chi connectivity index (χ3n) is 2.79. The third kappa shape index (κ3) is 4.39. The van der Waals surface area contributed by atoms with Gasteiger partial charge in [0.1, 0.15) is 12.7 Å². The van der Waals surface area contributed by atoms with Gasteiger partial charge in [-0.2, -0.15) is 5.10 Å². The number of primary amides is 1. The minimum absolute atomic E-state index is 0.184. The first-order valence-corrected chi connectivity index (χ1v) is 6.30. The number of hydrogen-bond donors (Lipinski definition) is 3. The van der Waals surface area contributed by atoms with E-state index in [1.165, 1.54) is 6.33 Å². The fourth-order valence-electron chi connectivity index (χ4n) is 1.74. The zero-order valence-corrected chi connectivity index (χ0v) is 11.3. The van der Waals surface area contributed by atoms with E-state index in [0.717, 1.165) is 5.56 Å². The van der Waals surface area contributed by atoms with E-state index >= 15 is 0 Å². The molecule has 0 aliphatic rings. The Balaban J connectivity index is 1.93. The van der Waals surface area contributed by atoms with Gasteiger partial charge in [-0.1, -0.05) is 12.1 Å². The van der Waals surface area contributed by atoms with Crippen molar-refractivity contribution in [2.75, 3.05) is 5.32 Å². The smallest absolute Gasteiger partial charge is 0.241 e. The number of nitrogens with zero attached hydrogens (tertiary/aromatic N) is 3. The Bertz CT molecular complexity index is 608. The van der Waals surface area contributed by atoms with Crippen molar-refractivity contribution in [3.8, 4) is 0 Å². The van der Waals surface area contributed by atoms with Crippen LogP contribution >= 0.6 is 0 Å². The van der Waals surface area contributed by atoms with Crippen LogP contribution in [0.3, 0.4) is 0 Å². The first-order chi connectivity index (χ1) is 10.0. The standard InChI is InChI=1S/C13H16N6O2/c14-11(5-12(15)20)13(21)18-10-3-1-9(2-4-10)6-19-8-16-7-17-19/h1-4,7-8,11H,5-6,14H2,(H2,15,20)(H,18,21). The molecule has 1 aromatic heterocycles. The summed E-state index contributed by atoms with van der Waals surface area (Å²) in [5.41, 5.74) is 12.2. The van der Waals surface area contributed by atoms with Crippen LogP contribution in [0.5, 0.6) is 0 Å². The van der Waals surface area contributed by atoms with Crippen molar-refractivity contribution in [1.29, 1.82) is 0 Å². The number of anilines is 1. The molecule has 0 aliphatic carbocycles. The maximum Gasteiger partial charge on any atom is 0.241 e. The Morgan fingerprint density at radius 1 is 1.29 bits per heavy atom. The van der Waals surface area contributed by atoms with Crippen molar-refractivity contribution < 1.29 is 9.59 Å². The molecular weight excluding hydrogens is 272 g/mol. The van der Waals surface area contributed by atoms with Crippen LogP contribution in [0.2, 0.25) is 0 Å². The second-order valence-corrected chi connectivity index (χ2v) is 4.56. The summed E-state index contributed by atoms with van der Waals surface area (Å²) >= 11 is 0. The molecule has 1 heterocycles. The van der Waals surface area contributed by atoms with E-state index in [4.69, 9.17) is 11.5 Å². The quantitative estimate of drug-likeness (QED) is 0.658. The number of amides is 2. The van der Waals surface area contributed by atoms with Crippen LogP contribution in [-0.2, 0) is 16.1 Å². The molecule has 8 nitrogen and oxygen atoms in total. The van der Waals surface area contributed by atoms with Gasteiger partial charge in [-0.3, -0.25) is 9.59 Å². The maximum absolute atomic E-state index is 11.7. The van der Waals surface area contributed by atoms with E-state index < -0.39 is 17.9 Å². The molecule has 0 saturated heterocycles. The van der Waals surface area contributed by atoms with Crippen molar-refractivity contribution in [3.05, 3.63) is 42.5 Å². The highest BCUT2D eigenvalue weighted by molar-refractivity contribution is 5.97. The lowest BCUT2D eigenvalue weighted by atomic mass is 10.1. The van der Waals surface area contributed by atoms with Crippen molar-refractivity contribution in [1.82, 2.24) is 14.8 Å². The monoisotopic (exact) mass is 288 g/mol. The minimum Gasteiger partial charge on any atom is -0.370 e. The fraction of sp³-hybridized carbons (Fsp3) is 0.231. The number of carbonyl (C=O) groups is 2. The molecule has 2 rings (SSSR count). The normalized spacial score (nSPS) is 11.9. The second kappa shape index (κ2) is 6.62. The van der Waals surface area contributed by atoms with Gasteiger partial charge in [0, 0.05) is 5.69 Å². The molecule has 2 aromatic rings. The van der Waals surface area contributed by atoms with E-state index in [1.807, 2.05) is 12.1 Å². The molecule has 110 valence electrons. The molecule has 1 aromatic carbocycles. The predicted octanol–water partition coefficient (Wildman–Crippen LogP) is -0.532. The molecule has 0 spiro atoms. The van der Waals surface area contributed by atoms with Crippen LogP contribution < -0.4 is 16.8 Å². The third-order valence-corrected chi connectivity index (χ3v) is 2.79. The van der Waals surface area contributed by atoms with Gasteiger partial charge in [0.15, 0.2) is 0 Å². The molecule has 1 atom stereocenters. The van der Waals surface area contributed by atoms with Gasteiger partial charge in [0.25, 0.3) is 0 Å². The Morgan fingerprint density at radius 2 is 2.00 bits per heavy atom. The van der Waals surface area contributed by atoms with Crippen molar-refractivity contribution in [2.24, 2.45) is 11.5 Å². The summed E-state index contributed by atoms with van der Waals surface area (Å²) < 4.78 is 1.69. The number of hydrogen-bond acceptors (Lipinski definition) is 5. The molecule has 8 heteroatoms. The fourth-order valence-corrected chi connectivity index (χ4v) is 1.74. The Morgan fingerprint density at radius 3 is 2.57 bits per heavy atom. The first-order valence-electron chi connectivity index (χ1n) is 6.30. The van der Waals surface area contributed by atoms with Crippen LogP contribution in [0.15, 0.2) is 36.9 Å². The SMILES string of the molecule is NC(=O)CC(N)C(=O)Nc1ccc(Cn2cncn2)cc1. The summed E-state index contributed by atoms with van der Waals surface area (Å²) in [6.45, 7) is 0.593. The molecule has 0 fully saturated rings. The lowest BCUT2D eigenvalue weighted by Gasteiger charge is -2.11. The average molecular weight is 288 g/mol. The Labute approximate surface area is 121 Å². The molecular formula is C13H16N6O2. The van der Waals surface area contributed by atoms with Gasteiger partial charge < -0.3 is 16.8 Å². The van der Waals surface area contributed by atoms with Crippen LogP contribution in [-0.4, -0.2) is 32.6 Å². The summed E-state index contributed by atoms with van der Waals surface area (Å²) in [6, 6.07) is 6.27. The van der Waals surface area contributed by atoms with Crippen LogP contribution in [0.25, 0.3) is 0 Å². The Kier molecular flexibility index (Phi) is 4.62. The zero-order valence-electron chi connectivity index (χ0n) is 11.3. The van der Waals surface area contributed by atoms with Crippen LogP contribution in [0.4, 0.5) is 5.69 Å². The van der Waals surface area contributed by atoms with Crippen LogP contribution in [0, 0.1) is 0 Å². The number of carbonyl (C=O) groups excluding carboxylic acids is 2. The molecule has 2 amide bonds. The van der Waals surface area contributed by atoms with Crippen LogP contribution in [0.1, 0.15) is 12.0 Å². The number of benzene rings is 1. The van der Waals surface area contributed by atoms with Gasteiger partial charge >= 0.3 is 0 Å². The number of aromatic nitrogens is 3. The molecule has 0 radical (unpaired) electrons. The van der Waals surface area contributed by atoms with Crippen molar-refractivity contribution in [2.45, 2.75) is 19.0 Å². The number of nitrogens with one attached hydrogen (secondary N) is 1. The number of rotatable bonds is 6. The van der Waals surface area contributed by atoms with Crippen molar-refractivity contribution in [3.63, 3.8) is 0 Å². The zero-order chi connectivity index (χ0) is 15.2. The van der Waals surface area contributed by atoms with E-state index in [1.54, 1.807) is 23.1 Å². The van der Waals surface area contributed by atoms with E-state index in [-0.39, 0.29) is 6.42 Å². The van der Waals surface area contributed by atoms with Crippen molar-refractivity contribution >= 4 is 17.5 Å². The largest absolute Gasteiger partial charge is 0.370 e. The van der Waals surface area contributed by atoms with Gasteiger partial charge in [-0.15, -0.1) is 0 Å². The molecule has 1 unspecified atom stereocenters. The second-order valence-electron chi connectivity index (χ2n) is 4.56. The average Bonchev–Trinajstić information content (AvgIpc) is 2.93. The van der Waals surface area contributed by atoms with Gasteiger partial charge in [0.05, 0.1) is 19.0 Å². The summed E-state index contributed by atoms with van der Waals surface area (Å²) in [5.74, 6) is -1.06. The summed E-state index contributed by atoms with van der Waals surface area (Å²) in [7, 11) is 0. The van der Waals surface area contributed by atoms with E-state index in [2.05, 4.69) is 15.4 Å². The molecule has 21 heavy (non-hydrogen) atoms. The van der Waals surface area contributed by atoms with Gasteiger partial charge in [-0.05, 0) is 17.7 Å². The molecule has 0 saturated carbocycles. The predicted molar refractivity (Wildman–Crippen MR) is 76.0 cm³/mol. The van der Waals surface area contributed by atoms with Gasteiger partial charge in [0.2, 0.25) is 11.8 Å². The molecule has 0 bridgehead atoms. The lowest BCUT2D eigenvalue weighted by molar-refractivity contribution is -0.123. The highest BCUT2D eigenvalue weighted by Crippen LogP contribution is 2.11. The van der Waals surface area contributed by atoms with E-state index in [9.17, 15) is 9.59 Å². The van der Waals surface area contributed by atoms with Gasteiger partial charge in [-0.25, -0.2) is 9.67 Å². The minimum atomic E-state index is -0.947. The van der Waals surface area contributed by atoms with E-state index in [0.29, 0.717) is 12.2 Å². The number of nitrogens with two attached hydrogens (primary N) is 2. The lowest BCUT2D eigenvalue weighted by Crippen LogP contribution is -2.38.